The maximum atomic E-state index is 12.5. The van der Waals surface area contributed by atoms with E-state index < -0.39 is 0 Å². The minimum absolute atomic E-state index is 0.147. The Morgan fingerprint density at radius 3 is 2.53 bits per heavy atom. The molecule has 0 unspecified atom stereocenters. The Morgan fingerprint density at radius 2 is 1.87 bits per heavy atom. The topological polar surface area (TPSA) is 69.0 Å². The van der Waals surface area contributed by atoms with Crippen molar-refractivity contribution in [3.05, 3.63) is 70.0 Å². The molecular formula is C22H25BrN4O2S. The lowest BCUT2D eigenvalue weighted by molar-refractivity contribution is 0.0949. The molecule has 6 nitrogen and oxygen atoms in total. The molecule has 0 saturated heterocycles. The fourth-order valence-corrected chi connectivity index (χ4v) is 4.03. The van der Waals surface area contributed by atoms with Crippen LogP contribution in [0.15, 0.2) is 58.2 Å². The summed E-state index contributed by atoms with van der Waals surface area (Å²) in [5, 5.41) is 12.5. The molecule has 0 saturated carbocycles. The molecule has 3 rings (SSSR count). The molecule has 0 fully saturated rings. The Kier molecular flexibility index (Phi) is 8.33. The highest BCUT2D eigenvalue weighted by atomic mass is 79.9. The van der Waals surface area contributed by atoms with Crippen LogP contribution in [0.25, 0.3) is 0 Å². The van der Waals surface area contributed by atoms with Crippen molar-refractivity contribution in [1.82, 2.24) is 20.1 Å². The van der Waals surface area contributed by atoms with Gasteiger partial charge in [-0.3, -0.25) is 4.79 Å². The van der Waals surface area contributed by atoms with Crippen LogP contribution >= 0.6 is 27.7 Å². The summed E-state index contributed by atoms with van der Waals surface area (Å²) in [5.74, 6) is 2.16. The molecule has 3 aromatic rings. The largest absolute Gasteiger partial charge is 0.497 e. The molecule has 2 aromatic carbocycles. The van der Waals surface area contributed by atoms with Gasteiger partial charge in [0.25, 0.3) is 5.91 Å². The minimum atomic E-state index is -0.147. The second kappa shape index (κ2) is 11.2. The van der Waals surface area contributed by atoms with Crippen molar-refractivity contribution < 1.29 is 9.53 Å². The molecule has 0 bridgehead atoms. The fourth-order valence-electron chi connectivity index (χ4n) is 2.83. The van der Waals surface area contributed by atoms with Gasteiger partial charge in [-0.1, -0.05) is 53.2 Å². The third kappa shape index (κ3) is 6.09. The highest BCUT2D eigenvalue weighted by molar-refractivity contribution is 9.10. The van der Waals surface area contributed by atoms with Crippen LogP contribution in [0.2, 0.25) is 0 Å². The third-order valence-corrected chi connectivity index (χ3v) is 6.14. The van der Waals surface area contributed by atoms with Crippen molar-refractivity contribution in [2.45, 2.75) is 43.8 Å². The zero-order valence-corrected chi connectivity index (χ0v) is 19.5. The Morgan fingerprint density at radius 1 is 1.13 bits per heavy atom. The molecule has 0 aliphatic rings. The number of carbonyl (C=O) groups is 1. The number of rotatable bonds is 10. The van der Waals surface area contributed by atoms with Crippen LogP contribution in [0, 0.1) is 0 Å². The predicted molar refractivity (Wildman–Crippen MR) is 123 cm³/mol. The standard InChI is InChI=1S/C22H25BrN4O2S/c1-3-4-13-27-20(14-24-21(28)17-7-11-19(29-2)12-8-17)25-26-22(27)30-15-16-5-9-18(23)10-6-16/h5-12H,3-4,13-15H2,1-2H3,(H,24,28). The van der Waals surface area contributed by atoms with Gasteiger partial charge >= 0.3 is 0 Å². The summed E-state index contributed by atoms with van der Waals surface area (Å²) in [5.41, 5.74) is 1.81. The first-order valence-electron chi connectivity index (χ1n) is 9.82. The van der Waals surface area contributed by atoms with E-state index in [1.807, 2.05) is 12.1 Å². The lowest BCUT2D eigenvalue weighted by atomic mass is 10.2. The Bertz CT molecular complexity index is 958. The molecule has 1 aromatic heterocycles. The molecule has 0 aliphatic heterocycles. The number of benzene rings is 2. The number of halogens is 1. The van der Waals surface area contributed by atoms with Gasteiger partial charge in [-0.15, -0.1) is 10.2 Å². The van der Waals surface area contributed by atoms with E-state index in [4.69, 9.17) is 4.74 Å². The number of amides is 1. The van der Waals surface area contributed by atoms with Crippen molar-refractivity contribution >= 4 is 33.6 Å². The number of nitrogens with one attached hydrogen (secondary N) is 1. The molecule has 30 heavy (non-hydrogen) atoms. The van der Waals surface area contributed by atoms with Gasteiger partial charge in [0.05, 0.1) is 13.7 Å². The van der Waals surface area contributed by atoms with Crippen LogP contribution in [-0.4, -0.2) is 27.8 Å². The van der Waals surface area contributed by atoms with Gasteiger partial charge in [-0.2, -0.15) is 0 Å². The summed E-state index contributed by atoms with van der Waals surface area (Å²) in [6.45, 7) is 3.32. The molecule has 1 N–H and O–H groups in total. The average Bonchev–Trinajstić information content (AvgIpc) is 3.17. The maximum absolute atomic E-state index is 12.5. The number of ether oxygens (including phenoxy) is 1. The van der Waals surface area contributed by atoms with E-state index in [1.165, 1.54) is 5.56 Å². The molecule has 0 aliphatic carbocycles. The highest BCUT2D eigenvalue weighted by Gasteiger charge is 2.14. The molecule has 1 heterocycles. The number of aromatic nitrogens is 3. The lowest BCUT2D eigenvalue weighted by Gasteiger charge is -2.11. The first-order valence-corrected chi connectivity index (χ1v) is 11.6. The van der Waals surface area contributed by atoms with Crippen molar-refractivity contribution in [3.63, 3.8) is 0 Å². The highest BCUT2D eigenvalue weighted by Crippen LogP contribution is 2.23. The summed E-state index contributed by atoms with van der Waals surface area (Å²) >= 11 is 5.12. The van der Waals surface area contributed by atoms with E-state index in [0.717, 1.165) is 46.3 Å². The van der Waals surface area contributed by atoms with E-state index in [-0.39, 0.29) is 5.91 Å². The van der Waals surface area contributed by atoms with E-state index in [1.54, 1.807) is 43.1 Å². The SMILES string of the molecule is CCCCn1c(CNC(=O)c2ccc(OC)cc2)nnc1SCc1ccc(Br)cc1. The molecule has 0 spiro atoms. The third-order valence-electron chi connectivity index (χ3n) is 4.57. The number of hydrogen-bond donors (Lipinski definition) is 1. The van der Waals surface area contributed by atoms with Crippen LogP contribution in [-0.2, 0) is 18.8 Å². The van der Waals surface area contributed by atoms with Crippen molar-refractivity contribution in [2.24, 2.45) is 0 Å². The molecular weight excluding hydrogens is 464 g/mol. The van der Waals surface area contributed by atoms with Crippen LogP contribution < -0.4 is 10.1 Å². The average molecular weight is 489 g/mol. The Hall–Kier alpha value is -2.32. The van der Waals surface area contributed by atoms with Gasteiger partial charge in [0.2, 0.25) is 0 Å². The van der Waals surface area contributed by atoms with Gasteiger partial charge < -0.3 is 14.6 Å². The summed E-state index contributed by atoms with van der Waals surface area (Å²) in [6.07, 6.45) is 2.11. The predicted octanol–water partition coefficient (Wildman–Crippen LogP) is 5.07. The van der Waals surface area contributed by atoms with Gasteiger partial charge in [0.1, 0.15) is 5.75 Å². The smallest absolute Gasteiger partial charge is 0.251 e. The van der Waals surface area contributed by atoms with Gasteiger partial charge in [-0.05, 0) is 48.4 Å². The van der Waals surface area contributed by atoms with Crippen LogP contribution in [0.5, 0.6) is 5.75 Å². The second-order valence-corrected chi connectivity index (χ2v) is 8.59. The number of carbonyl (C=O) groups excluding carboxylic acids is 1. The van der Waals surface area contributed by atoms with Gasteiger partial charge in [-0.25, -0.2) is 0 Å². The van der Waals surface area contributed by atoms with Gasteiger partial charge in [0, 0.05) is 22.3 Å². The second-order valence-electron chi connectivity index (χ2n) is 6.73. The molecule has 8 heteroatoms. The van der Waals surface area contributed by atoms with Crippen LogP contribution in [0.3, 0.4) is 0 Å². The van der Waals surface area contributed by atoms with E-state index in [0.29, 0.717) is 12.1 Å². The number of methoxy groups -OCH3 is 1. The molecule has 0 atom stereocenters. The van der Waals surface area contributed by atoms with E-state index in [9.17, 15) is 4.79 Å². The number of thioether (sulfide) groups is 1. The zero-order valence-electron chi connectivity index (χ0n) is 17.1. The zero-order chi connectivity index (χ0) is 21.3. The first-order chi connectivity index (χ1) is 14.6. The Balaban J connectivity index is 1.65. The quantitative estimate of drug-likeness (QED) is 0.403. The molecule has 0 radical (unpaired) electrons. The van der Waals surface area contributed by atoms with E-state index in [2.05, 4.69) is 55.1 Å². The normalized spacial score (nSPS) is 10.8. The summed E-state index contributed by atoms with van der Waals surface area (Å²) in [6, 6.07) is 15.3. The molecule has 158 valence electrons. The lowest BCUT2D eigenvalue weighted by Crippen LogP contribution is -2.25. The maximum Gasteiger partial charge on any atom is 0.251 e. The van der Waals surface area contributed by atoms with Crippen molar-refractivity contribution in [3.8, 4) is 5.75 Å². The summed E-state index contributed by atoms with van der Waals surface area (Å²) in [7, 11) is 1.60. The number of nitrogens with zero attached hydrogens (tertiary/aromatic N) is 3. The van der Waals surface area contributed by atoms with Crippen molar-refractivity contribution in [1.29, 1.82) is 0 Å². The monoisotopic (exact) mass is 488 g/mol. The summed E-state index contributed by atoms with van der Waals surface area (Å²) < 4.78 is 8.32. The fraction of sp³-hybridized carbons (Fsp3) is 0.318. The first kappa shape index (κ1) is 22.4. The number of unbranched alkanes of at least 4 members (excludes halogenated alkanes) is 1. The number of hydrogen-bond acceptors (Lipinski definition) is 5. The molecule has 1 amide bonds. The van der Waals surface area contributed by atoms with Crippen LogP contribution in [0.1, 0.15) is 41.5 Å². The van der Waals surface area contributed by atoms with Crippen molar-refractivity contribution in [2.75, 3.05) is 7.11 Å². The summed E-state index contributed by atoms with van der Waals surface area (Å²) in [4.78, 5) is 12.5. The van der Waals surface area contributed by atoms with Crippen LogP contribution in [0.4, 0.5) is 0 Å². The van der Waals surface area contributed by atoms with Gasteiger partial charge in [0.15, 0.2) is 11.0 Å². The van der Waals surface area contributed by atoms with E-state index >= 15 is 0 Å². The minimum Gasteiger partial charge on any atom is -0.497 e. The Labute approximate surface area is 189 Å².